The Morgan fingerprint density at radius 1 is 1.30 bits per heavy atom. The summed E-state index contributed by atoms with van der Waals surface area (Å²) < 4.78 is 9.04. The lowest BCUT2D eigenvalue weighted by Gasteiger charge is -2.36. The van der Waals surface area contributed by atoms with Gasteiger partial charge >= 0.3 is 0 Å². The lowest BCUT2D eigenvalue weighted by molar-refractivity contribution is 0.279. The molecule has 0 aromatic carbocycles. The van der Waals surface area contributed by atoms with Crippen LogP contribution in [-0.2, 0) is 10.8 Å². The lowest BCUT2D eigenvalue weighted by atomic mass is 10.2. The topological polar surface area (TPSA) is 65.4 Å². The molecule has 0 saturated heterocycles. The summed E-state index contributed by atoms with van der Waals surface area (Å²) in [6.07, 6.45) is 4.57. The third kappa shape index (κ3) is 4.13. The fraction of sp³-hybridized carbons (Fsp3) is 0.625. The molecule has 2 N–H and O–H groups in total. The molecule has 0 fully saturated rings. The van der Waals surface area contributed by atoms with E-state index < -0.39 is 8.32 Å². The number of hydrogen-bond acceptors (Lipinski definition) is 4. The van der Waals surface area contributed by atoms with Gasteiger partial charge in [0.15, 0.2) is 14.1 Å². The highest BCUT2D eigenvalue weighted by molar-refractivity contribution is 9.10. The minimum atomic E-state index is -1.63. The quantitative estimate of drug-likeness (QED) is 0.577. The molecule has 23 heavy (non-hydrogen) atoms. The number of nitrogen functional groups attached to an aromatic ring is 1. The van der Waals surface area contributed by atoms with Gasteiger partial charge in [0.2, 0.25) is 0 Å². The Labute approximate surface area is 147 Å². The van der Waals surface area contributed by atoms with Crippen molar-refractivity contribution in [1.29, 1.82) is 0 Å². The van der Waals surface area contributed by atoms with Crippen molar-refractivity contribution in [2.45, 2.75) is 58.2 Å². The van der Waals surface area contributed by atoms with Crippen LogP contribution in [-0.4, -0.2) is 29.5 Å². The van der Waals surface area contributed by atoms with E-state index in [1.165, 1.54) is 6.33 Å². The van der Waals surface area contributed by atoms with Crippen molar-refractivity contribution in [3.63, 3.8) is 0 Å². The van der Waals surface area contributed by atoms with Gasteiger partial charge in [0, 0.05) is 16.8 Å². The van der Waals surface area contributed by atoms with Gasteiger partial charge in [0.25, 0.3) is 0 Å². The predicted octanol–water partition coefficient (Wildman–Crippen LogP) is 4.42. The fourth-order valence-corrected chi connectivity index (χ4v) is 3.94. The molecule has 2 rings (SSSR count). The maximum atomic E-state index is 6.22. The van der Waals surface area contributed by atoms with Crippen molar-refractivity contribution >= 4 is 35.6 Å². The molecule has 0 atom stereocenters. The summed E-state index contributed by atoms with van der Waals surface area (Å²) in [7, 11) is -1.63. The Balaban J connectivity index is 1.90. The van der Waals surface area contributed by atoms with E-state index in [0.29, 0.717) is 5.82 Å². The summed E-state index contributed by atoms with van der Waals surface area (Å²) >= 11 is 3.54. The van der Waals surface area contributed by atoms with Crippen molar-refractivity contribution in [3.05, 3.63) is 22.6 Å². The molecule has 0 radical (unpaired) electrons. The average molecular weight is 399 g/mol. The maximum Gasteiger partial charge on any atom is 0.191 e. The SMILES string of the molecule is CC(C)(C)[Si](C)(C)OCCCCc1cc(Br)c2c(N)ncnn12. The largest absolute Gasteiger partial charge is 0.417 e. The Morgan fingerprint density at radius 2 is 2.00 bits per heavy atom. The van der Waals surface area contributed by atoms with E-state index in [9.17, 15) is 0 Å². The minimum absolute atomic E-state index is 0.268. The molecule has 0 aliphatic heterocycles. The van der Waals surface area contributed by atoms with Gasteiger partial charge in [0.1, 0.15) is 11.8 Å². The second kappa shape index (κ2) is 6.90. The molecule has 2 aromatic heterocycles. The molecule has 7 heteroatoms. The second-order valence-electron chi connectivity index (χ2n) is 7.46. The van der Waals surface area contributed by atoms with E-state index in [2.05, 4.69) is 65.9 Å². The summed E-state index contributed by atoms with van der Waals surface area (Å²) in [5.41, 5.74) is 7.91. The first-order valence-electron chi connectivity index (χ1n) is 8.04. The van der Waals surface area contributed by atoms with Crippen molar-refractivity contribution < 1.29 is 4.43 Å². The highest BCUT2D eigenvalue weighted by Gasteiger charge is 2.36. The van der Waals surface area contributed by atoms with Crippen molar-refractivity contribution in [2.24, 2.45) is 0 Å². The van der Waals surface area contributed by atoms with Crippen LogP contribution in [0.3, 0.4) is 0 Å². The van der Waals surface area contributed by atoms with Crippen LogP contribution in [0.1, 0.15) is 39.3 Å². The van der Waals surface area contributed by atoms with E-state index in [1.54, 1.807) is 0 Å². The molecular weight excluding hydrogens is 372 g/mol. The Bertz CT molecular complexity index is 679. The molecule has 0 saturated carbocycles. The lowest BCUT2D eigenvalue weighted by Crippen LogP contribution is -2.40. The van der Waals surface area contributed by atoms with Gasteiger partial charge in [-0.05, 0) is 59.4 Å². The molecule has 0 unspecified atom stereocenters. The fourth-order valence-electron chi connectivity index (χ4n) is 2.21. The monoisotopic (exact) mass is 398 g/mol. The van der Waals surface area contributed by atoms with E-state index in [4.69, 9.17) is 10.2 Å². The van der Waals surface area contributed by atoms with E-state index >= 15 is 0 Å². The molecule has 128 valence electrons. The van der Waals surface area contributed by atoms with Crippen LogP contribution in [0.2, 0.25) is 18.1 Å². The number of fused-ring (bicyclic) bond motifs is 1. The number of rotatable bonds is 6. The number of anilines is 1. The zero-order valence-electron chi connectivity index (χ0n) is 14.7. The minimum Gasteiger partial charge on any atom is -0.417 e. The standard InChI is InChI=1S/C16H27BrN4OSi/c1-16(2,3)23(4,5)22-9-7-6-8-12-10-13(17)14-15(18)19-11-20-21(12)14/h10-11H,6-9H2,1-5H3,(H2,18,19,20). The van der Waals surface area contributed by atoms with Crippen LogP contribution in [0.15, 0.2) is 16.9 Å². The third-order valence-corrected chi connectivity index (χ3v) is 9.85. The number of unbranched alkanes of at least 4 members (excludes halogenated alkanes) is 1. The summed E-state index contributed by atoms with van der Waals surface area (Å²) in [6, 6.07) is 2.08. The Kier molecular flexibility index (Phi) is 5.53. The zero-order chi connectivity index (χ0) is 17.3. The number of aromatic nitrogens is 3. The number of aryl methyl sites for hydroxylation is 1. The van der Waals surface area contributed by atoms with Crippen molar-refractivity contribution in [1.82, 2.24) is 14.6 Å². The molecule has 0 bridgehead atoms. The van der Waals surface area contributed by atoms with Gasteiger partial charge in [-0.3, -0.25) is 0 Å². The van der Waals surface area contributed by atoms with Gasteiger partial charge in [-0.25, -0.2) is 9.50 Å². The Hall–Kier alpha value is -0.923. The molecule has 5 nitrogen and oxygen atoms in total. The number of nitrogens with zero attached hydrogens (tertiary/aromatic N) is 3. The molecule has 0 spiro atoms. The highest BCUT2D eigenvalue weighted by atomic mass is 79.9. The molecule has 2 heterocycles. The first-order valence-corrected chi connectivity index (χ1v) is 11.7. The van der Waals surface area contributed by atoms with Crippen LogP contribution in [0.5, 0.6) is 0 Å². The number of nitrogens with two attached hydrogens (primary N) is 1. The van der Waals surface area contributed by atoms with Crippen LogP contribution >= 0.6 is 15.9 Å². The molecular formula is C16H27BrN4OSi. The van der Waals surface area contributed by atoms with Crippen LogP contribution < -0.4 is 5.73 Å². The number of hydrogen-bond donors (Lipinski definition) is 1. The highest BCUT2D eigenvalue weighted by Crippen LogP contribution is 2.36. The van der Waals surface area contributed by atoms with Crippen molar-refractivity contribution in [2.75, 3.05) is 12.3 Å². The van der Waals surface area contributed by atoms with Gasteiger partial charge in [-0.2, -0.15) is 5.10 Å². The van der Waals surface area contributed by atoms with Crippen molar-refractivity contribution in [3.8, 4) is 0 Å². The first-order chi connectivity index (χ1) is 10.6. The summed E-state index contributed by atoms with van der Waals surface area (Å²) in [5.74, 6) is 0.499. The second-order valence-corrected chi connectivity index (χ2v) is 13.1. The maximum absolute atomic E-state index is 6.22. The van der Waals surface area contributed by atoms with Gasteiger partial charge in [0.05, 0.1) is 0 Å². The smallest absolute Gasteiger partial charge is 0.191 e. The van der Waals surface area contributed by atoms with Crippen LogP contribution in [0.25, 0.3) is 5.52 Å². The van der Waals surface area contributed by atoms with Gasteiger partial charge < -0.3 is 10.2 Å². The molecule has 0 aliphatic carbocycles. The Morgan fingerprint density at radius 3 is 2.65 bits per heavy atom. The van der Waals surface area contributed by atoms with E-state index in [1.807, 2.05) is 4.52 Å². The average Bonchev–Trinajstić information content (AvgIpc) is 2.75. The molecule has 0 amide bonds. The van der Waals surface area contributed by atoms with Crippen LogP contribution in [0.4, 0.5) is 5.82 Å². The molecule has 2 aromatic rings. The third-order valence-electron chi connectivity index (χ3n) is 4.71. The number of halogens is 1. The molecule has 0 aliphatic rings. The van der Waals surface area contributed by atoms with Gasteiger partial charge in [-0.15, -0.1) is 0 Å². The summed E-state index contributed by atoms with van der Waals surface area (Å²) in [6.45, 7) is 12.2. The van der Waals surface area contributed by atoms with Gasteiger partial charge in [-0.1, -0.05) is 20.8 Å². The summed E-state index contributed by atoms with van der Waals surface area (Å²) in [4.78, 5) is 4.04. The van der Waals surface area contributed by atoms with E-state index in [0.717, 1.165) is 41.6 Å². The summed E-state index contributed by atoms with van der Waals surface area (Å²) in [5, 5.41) is 4.57. The first kappa shape index (κ1) is 18.4. The van der Waals surface area contributed by atoms with E-state index in [-0.39, 0.29) is 5.04 Å². The predicted molar refractivity (Wildman–Crippen MR) is 101 cm³/mol. The zero-order valence-corrected chi connectivity index (χ0v) is 17.3. The normalized spacial score (nSPS) is 13.0. The van der Waals surface area contributed by atoms with Crippen LogP contribution in [0, 0.1) is 0 Å².